The van der Waals surface area contributed by atoms with Gasteiger partial charge in [0.15, 0.2) is 0 Å². The van der Waals surface area contributed by atoms with Gasteiger partial charge in [0.1, 0.15) is 0 Å². The van der Waals surface area contributed by atoms with Crippen LogP contribution in [0.3, 0.4) is 0 Å². The molecular weight excluding hydrogens is 182 g/mol. The minimum absolute atomic E-state index is 0.240. The summed E-state index contributed by atoms with van der Waals surface area (Å²) in [5.41, 5.74) is 1.07. The SMILES string of the molecule is CC(=CC(=O)O)CNCC1(C)COC1. The number of carboxylic acids is 1. The summed E-state index contributed by atoms with van der Waals surface area (Å²) in [5.74, 6) is -0.887. The van der Waals surface area contributed by atoms with Gasteiger partial charge in [0, 0.05) is 24.6 Å². The number of carbonyl (C=O) groups is 1. The lowest BCUT2D eigenvalue weighted by molar-refractivity contribution is -0.131. The third kappa shape index (κ3) is 3.47. The van der Waals surface area contributed by atoms with Gasteiger partial charge in [0.25, 0.3) is 0 Å². The molecule has 80 valence electrons. The van der Waals surface area contributed by atoms with Gasteiger partial charge in [0.05, 0.1) is 13.2 Å². The van der Waals surface area contributed by atoms with Gasteiger partial charge >= 0.3 is 5.97 Å². The number of carboxylic acid groups (broad SMARTS) is 1. The van der Waals surface area contributed by atoms with Crippen LogP contribution in [0.25, 0.3) is 0 Å². The molecule has 4 nitrogen and oxygen atoms in total. The molecule has 1 aliphatic heterocycles. The van der Waals surface area contributed by atoms with Crippen molar-refractivity contribution < 1.29 is 14.6 Å². The fraction of sp³-hybridized carbons (Fsp3) is 0.700. The Hall–Kier alpha value is -0.870. The van der Waals surface area contributed by atoms with Crippen LogP contribution in [0.5, 0.6) is 0 Å². The van der Waals surface area contributed by atoms with Crippen molar-refractivity contribution in [2.24, 2.45) is 5.41 Å². The summed E-state index contributed by atoms with van der Waals surface area (Å²) in [6, 6.07) is 0. The molecule has 0 radical (unpaired) electrons. The topological polar surface area (TPSA) is 58.6 Å². The molecule has 1 heterocycles. The monoisotopic (exact) mass is 199 g/mol. The molecule has 0 unspecified atom stereocenters. The van der Waals surface area contributed by atoms with E-state index in [1.165, 1.54) is 6.08 Å². The van der Waals surface area contributed by atoms with Crippen LogP contribution in [0, 0.1) is 5.41 Å². The van der Waals surface area contributed by atoms with Crippen LogP contribution in [-0.4, -0.2) is 37.4 Å². The molecule has 0 saturated carbocycles. The fourth-order valence-electron chi connectivity index (χ4n) is 1.38. The zero-order valence-corrected chi connectivity index (χ0v) is 8.67. The quantitative estimate of drug-likeness (QED) is 0.638. The molecule has 14 heavy (non-hydrogen) atoms. The van der Waals surface area contributed by atoms with Crippen molar-refractivity contribution in [3.05, 3.63) is 11.6 Å². The van der Waals surface area contributed by atoms with Crippen LogP contribution in [0.1, 0.15) is 13.8 Å². The number of rotatable bonds is 5. The lowest BCUT2D eigenvalue weighted by Gasteiger charge is -2.38. The Balaban J connectivity index is 2.17. The molecule has 0 aromatic rings. The van der Waals surface area contributed by atoms with Gasteiger partial charge in [-0.1, -0.05) is 12.5 Å². The largest absolute Gasteiger partial charge is 0.478 e. The van der Waals surface area contributed by atoms with Gasteiger partial charge in [-0.3, -0.25) is 0 Å². The van der Waals surface area contributed by atoms with Gasteiger partial charge in [-0.25, -0.2) is 4.79 Å². The van der Waals surface area contributed by atoms with Crippen LogP contribution in [-0.2, 0) is 9.53 Å². The summed E-state index contributed by atoms with van der Waals surface area (Å²) >= 11 is 0. The van der Waals surface area contributed by atoms with E-state index in [1.807, 2.05) is 0 Å². The maximum absolute atomic E-state index is 10.3. The Morgan fingerprint density at radius 3 is 2.71 bits per heavy atom. The van der Waals surface area contributed by atoms with E-state index in [2.05, 4.69) is 12.2 Å². The smallest absolute Gasteiger partial charge is 0.328 e. The zero-order chi connectivity index (χ0) is 10.6. The van der Waals surface area contributed by atoms with Gasteiger partial charge in [0.2, 0.25) is 0 Å². The Morgan fingerprint density at radius 1 is 1.64 bits per heavy atom. The van der Waals surface area contributed by atoms with Crippen LogP contribution in [0.4, 0.5) is 0 Å². The van der Waals surface area contributed by atoms with E-state index in [-0.39, 0.29) is 5.41 Å². The number of nitrogens with one attached hydrogen (secondary N) is 1. The van der Waals surface area contributed by atoms with Crippen LogP contribution in [0.2, 0.25) is 0 Å². The second kappa shape index (κ2) is 4.57. The van der Waals surface area contributed by atoms with Crippen LogP contribution in [0.15, 0.2) is 11.6 Å². The number of ether oxygens (including phenoxy) is 1. The summed E-state index contributed by atoms with van der Waals surface area (Å²) in [5, 5.41) is 11.7. The Bertz CT molecular complexity index is 244. The highest BCUT2D eigenvalue weighted by Gasteiger charge is 2.32. The normalized spacial score (nSPS) is 20.3. The number of aliphatic carboxylic acids is 1. The molecule has 1 rings (SSSR count). The lowest BCUT2D eigenvalue weighted by atomic mass is 9.89. The van der Waals surface area contributed by atoms with Gasteiger partial charge in [-0.2, -0.15) is 0 Å². The Morgan fingerprint density at radius 2 is 2.29 bits per heavy atom. The van der Waals surface area contributed by atoms with Gasteiger partial charge < -0.3 is 15.2 Å². The first kappa shape index (κ1) is 11.2. The Kier molecular flexibility index (Phi) is 3.66. The van der Waals surface area contributed by atoms with E-state index < -0.39 is 5.97 Å². The van der Waals surface area contributed by atoms with Crippen molar-refractivity contribution in [1.29, 1.82) is 0 Å². The van der Waals surface area contributed by atoms with E-state index in [0.29, 0.717) is 6.54 Å². The lowest BCUT2D eigenvalue weighted by Crippen LogP contribution is -2.47. The van der Waals surface area contributed by atoms with Crippen molar-refractivity contribution in [3.63, 3.8) is 0 Å². The molecule has 2 N–H and O–H groups in total. The highest BCUT2D eigenvalue weighted by atomic mass is 16.5. The third-order valence-electron chi connectivity index (χ3n) is 2.23. The van der Waals surface area contributed by atoms with E-state index in [4.69, 9.17) is 9.84 Å². The van der Waals surface area contributed by atoms with Crippen molar-refractivity contribution >= 4 is 5.97 Å². The first-order valence-corrected chi connectivity index (χ1v) is 4.70. The van der Waals surface area contributed by atoms with E-state index in [0.717, 1.165) is 25.3 Å². The fourth-order valence-corrected chi connectivity index (χ4v) is 1.38. The summed E-state index contributed by atoms with van der Waals surface area (Å²) in [6.07, 6.45) is 1.23. The number of hydrogen-bond acceptors (Lipinski definition) is 3. The van der Waals surface area contributed by atoms with E-state index in [1.54, 1.807) is 6.92 Å². The zero-order valence-electron chi connectivity index (χ0n) is 8.67. The summed E-state index contributed by atoms with van der Waals surface area (Å²) < 4.78 is 5.11. The van der Waals surface area contributed by atoms with Crippen LogP contribution < -0.4 is 5.32 Å². The molecule has 0 amide bonds. The number of hydrogen-bond donors (Lipinski definition) is 2. The highest BCUT2D eigenvalue weighted by molar-refractivity contribution is 5.80. The van der Waals surface area contributed by atoms with Crippen LogP contribution >= 0.6 is 0 Å². The first-order valence-electron chi connectivity index (χ1n) is 4.70. The molecule has 0 spiro atoms. The van der Waals surface area contributed by atoms with Crippen molar-refractivity contribution in [2.45, 2.75) is 13.8 Å². The second-order valence-corrected chi connectivity index (χ2v) is 4.24. The summed E-state index contributed by atoms with van der Waals surface area (Å²) in [4.78, 5) is 10.3. The average Bonchev–Trinajstić information content (AvgIpc) is 1.99. The van der Waals surface area contributed by atoms with E-state index in [9.17, 15) is 4.79 Å². The predicted octanol–water partition coefficient (Wildman–Crippen LogP) is 0.643. The molecule has 0 atom stereocenters. The molecule has 0 aromatic heterocycles. The highest BCUT2D eigenvalue weighted by Crippen LogP contribution is 2.24. The molecule has 1 saturated heterocycles. The average molecular weight is 199 g/mol. The summed E-state index contributed by atoms with van der Waals surface area (Å²) in [6.45, 7) is 7.05. The van der Waals surface area contributed by atoms with Crippen molar-refractivity contribution in [3.8, 4) is 0 Å². The van der Waals surface area contributed by atoms with Crippen molar-refractivity contribution in [2.75, 3.05) is 26.3 Å². The third-order valence-corrected chi connectivity index (χ3v) is 2.23. The first-order chi connectivity index (χ1) is 6.52. The summed E-state index contributed by atoms with van der Waals surface area (Å²) in [7, 11) is 0. The predicted molar refractivity (Wildman–Crippen MR) is 53.2 cm³/mol. The molecule has 0 aliphatic carbocycles. The van der Waals surface area contributed by atoms with Crippen molar-refractivity contribution in [1.82, 2.24) is 5.32 Å². The van der Waals surface area contributed by atoms with Gasteiger partial charge in [-0.15, -0.1) is 0 Å². The maximum Gasteiger partial charge on any atom is 0.328 e. The minimum atomic E-state index is -0.887. The second-order valence-electron chi connectivity index (χ2n) is 4.24. The standard InChI is InChI=1S/C10H17NO3/c1-8(3-9(12)13)4-11-5-10(2)6-14-7-10/h3,11H,4-7H2,1-2H3,(H,12,13). The molecular formula is C10H17NO3. The molecule has 4 heteroatoms. The maximum atomic E-state index is 10.3. The molecule has 1 fully saturated rings. The molecule has 0 aromatic carbocycles. The molecule has 1 aliphatic rings. The van der Waals surface area contributed by atoms with Gasteiger partial charge in [-0.05, 0) is 6.92 Å². The molecule has 0 bridgehead atoms. The minimum Gasteiger partial charge on any atom is -0.478 e. The van der Waals surface area contributed by atoms with E-state index >= 15 is 0 Å². The Labute approximate surface area is 83.9 Å².